The Labute approximate surface area is 46.3 Å². The molecule has 1 aliphatic heterocycles. The first-order valence-corrected chi connectivity index (χ1v) is 2.37. The molecule has 2 unspecified atom stereocenters. The lowest BCUT2D eigenvalue weighted by molar-refractivity contribution is -0.128. The minimum absolute atomic E-state index is 0.352. The molecular formula is C4H8O4. The summed E-state index contributed by atoms with van der Waals surface area (Å²) in [4.78, 5) is 0. The molecule has 2 atom stereocenters. The average molecular weight is 120 g/mol. The molecule has 4 nitrogen and oxygen atoms in total. The van der Waals surface area contributed by atoms with Gasteiger partial charge in [0.15, 0.2) is 6.29 Å². The Morgan fingerprint density at radius 2 is 1.88 bits per heavy atom. The highest BCUT2D eigenvalue weighted by atomic mass is 16.6. The first kappa shape index (κ1) is 5.97. The van der Waals surface area contributed by atoms with Crippen molar-refractivity contribution in [2.45, 2.75) is 18.5 Å². The second-order valence-electron chi connectivity index (χ2n) is 1.78. The van der Waals surface area contributed by atoms with Crippen molar-refractivity contribution in [3.05, 3.63) is 0 Å². The summed E-state index contributed by atoms with van der Waals surface area (Å²) >= 11 is 0. The molecule has 0 aliphatic carbocycles. The van der Waals surface area contributed by atoms with Crippen LogP contribution in [0.1, 0.15) is 0 Å². The maximum absolute atomic E-state index is 8.64. The molecule has 0 aromatic rings. The second kappa shape index (κ2) is 1.99. The Morgan fingerprint density at radius 3 is 2.00 bits per heavy atom. The van der Waals surface area contributed by atoms with Crippen LogP contribution in [0.3, 0.4) is 0 Å². The number of aliphatic hydroxyl groups is 3. The van der Waals surface area contributed by atoms with Crippen molar-refractivity contribution in [2.75, 3.05) is 6.61 Å². The van der Waals surface area contributed by atoms with Crippen LogP contribution < -0.4 is 0 Å². The number of hydrogen-bond donors (Lipinski definition) is 3. The minimum atomic E-state index is -1.66. The Morgan fingerprint density at radius 1 is 1.38 bits per heavy atom. The van der Waals surface area contributed by atoms with Gasteiger partial charge in [0, 0.05) is 0 Å². The number of ether oxygens (including phenoxy) is 1. The summed E-state index contributed by atoms with van der Waals surface area (Å²) in [6.45, 7) is 0.429. The fourth-order valence-electron chi connectivity index (χ4n) is 0.445. The molecule has 0 bridgehead atoms. The molecule has 1 aliphatic rings. The predicted molar refractivity (Wildman–Crippen MR) is 24.0 cm³/mol. The highest BCUT2D eigenvalue weighted by Crippen LogP contribution is 2.15. The van der Waals surface area contributed by atoms with Crippen LogP contribution in [0.4, 0.5) is 0 Å². The fourth-order valence-corrected chi connectivity index (χ4v) is 0.445. The van der Waals surface area contributed by atoms with Crippen molar-refractivity contribution in [1.82, 2.24) is 0 Å². The van der Waals surface area contributed by atoms with Gasteiger partial charge in [-0.25, -0.2) is 0 Å². The van der Waals surface area contributed by atoms with Gasteiger partial charge in [-0.3, -0.25) is 0 Å². The molecule has 0 amide bonds. The zero-order valence-electron chi connectivity index (χ0n) is 4.19. The third-order valence-electron chi connectivity index (χ3n) is 1.05. The maximum Gasteiger partial charge on any atom is 0.180 e. The highest BCUT2D eigenvalue weighted by Gasteiger charge is 2.35. The molecule has 1 rings (SSSR count). The van der Waals surface area contributed by atoms with E-state index in [-0.39, 0.29) is 6.10 Å². The van der Waals surface area contributed by atoms with Crippen molar-refractivity contribution in [2.24, 2.45) is 0 Å². The number of hydrogen-bond acceptors (Lipinski definition) is 4. The molecule has 0 aromatic carbocycles. The van der Waals surface area contributed by atoms with E-state index in [1.165, 1.54) is 0 Å². The summed E-state index contributed by atoms with van der Waals surface area (Å²) in [5, 5.41) is 25.2. The zero-order chi connectivity index (χ0) is 6.15. The van der Waals surface area contributed by atoms with E-state index in [4.69, 9.17) is 15.3 Å². The highest BCUT2D eigenvalue weighted by molar-refractivity contribution is 4.79. The van der Waals surface area contributed by atoms with Crippen LogP contribution in [0.5, 0.6) is 0 Å². The minimum Gasteiger partial charge on any atom is -0.385 e. The summed E-state index contributed by atoms with van der Waals surface area (Å²) in [6, 6.07) is 0. The Bertz CT molecular complexity index is 76.1. The molecule has 0 aromatic heterocycles. The van der Waals surface area contributed by atoms with E-state index in [1.807, 2.05) is 0 Å². The van der Waals surface area contributed by atoms with Crippen molar-refractivity contribution in [3.8, 4) is 0 Å². The predicted octanol–water partition coefficient (Wildman–Crippen LogP) is -1.94. The molecule has 1 heterocycles. The van der Waals surface area contributed by atoms with Crippen LogP contribution in [-0.2, 0) is 4.74 Å². The van der Waals surface area contributed by atoms with Crippen molar-refractivity contribution in [1.29, 1.82) is 0 Å². The Kier molecular flexibility index (Phi) is 1.48. The lowest BCUT2D eigenvalue weighted by Crippen LogP contribution is -2.30. The van der Waals surface area contributed by atoms with Gasteiger partial charge in [0.05, 0.1) is 6.61 Å². The van der Waals surface area contributed by atoms with Gasteiger partial charge in [-0.1, -0.05) is 0 Å². The smallest absolute Gasteiger partial charge is 0.180 e. The van der Waals surface area contributed by atoms with Gasteiger partial charge in [0.2, 0.25) is 0 Å². The van der Waals surface area contributed by atoms with Crippen LogP contribution in [0.2, 0.25) is 0 Å². The first-order valence-electron chi connectivity index (χ1n) is 2.37. The summed E-state index contributed by atoms with van der Waals surface area (Å²) in [6.07, 6.45) is -3.15. The number of rotatable bonds is 2. The molecule has 0 saturated carbocycles. The van der Waals surface area contributed by atoms with E-state index in [0.29, 0.717) is 6.61 Å². The number of epoxide rings is 1. The fraction of sp³-hybridized carbons (Fsp3) is 1.00. The summed E-state index contributed by atoms with van der Waals surface area (Å²) in [5.74, 6) is 0. The molecule has 0 spiro atoms. The lowest BCUT2D eigenvalue weighted by Gasteiger charge is -2.07. The van der Waals surface area contributed by atoms with E-state index in [2.05, 4.69) is 4.74 Å². The van der Waals surface area contributed by atoms with Crippen LogP contribution in [0, 0.1) is 0 Å². The van der Waals surface area contributed by atoms with Gasteiger partial charge < -0.3 is 20.1 Å². The van der Waals surface area contributed by atoms with Gasteiger partial charge in [-0.15, -0.1) is 0 Å². The molecule has 48 valence electrons. The molecule has 4 heteroatoms. The summed E-state index contributed by atoms with van der Waals surface area (Å²) in [7, 11) is 0. The molecule has 1 saturated heterocycles. The van der Waals surface area contributed by atoms with Crippen molar-refractivity contribution in [3.63, 3.8) is 0 Å². The van der Waals surface area contributed by atoms with Crippen LogP contribution in [0.15, 0.2) is 0 Å². The standard InChI is InChI=1S/C4H8O4/c5-3(4(6)7)2-1-8-2/h2-7H,1H2. The Balaban J connectivity index is 2.22. The van der Waals surface area contributed by atoms with E-state index in [0.717, 1.165) is 0 Å². The monoisotopic (exact) mass is 120 g/mol. The van der Waals surface area contributed by atoms with Crippen molar-refractivity contribution < 1.29 is 20.1 Å². The second-order valence-corrected chi connectivity index (χ2v) is 1.78. The van der Waals surface area contributed by atoms with Gasteiger partial charge >= 0.3 is 0 Å². The third-order valence-corrected chi connectivity index (χ3v) is 1.05. The van der Waals surface area contributed by atoms with Gasteiger partial charge in [0.1, 0.15) is 12.2 Å². The third kappa shape index (κ3) is 1.16. The van der Waals surface area contributed by atoms with Crippen LogP contribution in [0.25, 0.3) is 0 Å². The quantitative estimate of drug-likeness (QED) is 0.293. The van der Waals surface area contributed by atoms with Crippen LogP contribution in [-0.4, -0.2) is 40.4 Å². The van der Waals surface area contributed by atoms with E-state index in [1.54, 1.807) is 0 Å². The van der Waals surface area contributed by atoms with Crippen molar-refractivity contribution >= 4 is 0 Å². The molecule has 3 N–H and O–H groups in total. The molecular weight excluding hydrogens is 112 g/mol. The van der Waals surface area contributed by atoms with E-state index >= 15 is 0 Å². The first-order chi connectivity index (χ1) is 3.72. The van der Waals surface area contributed by atoms with Gasteiger partial charge in [0.25, 0.3) is 0 Å². The zero-order valence-corrected chi connectivity index (χ0v) is 4.19. The summed E-state index contributed by atoms with van der Waals surface area (Å²) < 4.78 is 4.56. The Hall–Kier alpha value is -0.160. The maximum atomic E-state index is 8.64. The summed E-state index contributed by atoms with van der Waals surface area (Å²) in [5.41, 5.74) is 0. The van der Waals surface area contributed by atoms with E-state index < -0.39 is 12.4 Å². The van der Waals surface area contributed by atoms with Gasteiger partial charge in [-0.05, 0) is 0 Å². The molecule has 0 radical (unpaired) electrons. The number of aliphatic hydroxyl groups excluding tert-OH is 2. The van der Waals surface area contributed by atoms with Gasteiger partial charge in [-0.2, -0.15) is 0 Å². The largest absolute Gasteiger partial charge is 0.385 e. The topological polar surface area (TPSA) is 73.2 Å². The molecule has 1 fully saturated rings. The molecule has 8 heavy (non-hydrogen) atoms. The normalized spacial score (nSPS) is 30.8. The lowest BCUT2D eigenvalue weighted by atomic mass is 10.3. The average Bonchev–Trinajstić information content (AvgIpc) is 2.43. The van der Waals surface area contributed by atoms with E-state index in [9.17, 15) is 0 Å². The SMILES string of the molecule is OC(O)C(O)C1CO1. The van der Waals surface area contributed by atoms with Crippen LogP contribution >= 0.6 is 0 Å².